The van der Waals surface area contributed by atoms with Crippen molar-refractivity contribution < 1.29 is 36.7 Å². The van der Waals surface area contributed by atoms with E-state index in [0.717, 1.165) is 36.0 Å². The Morgan fingerprint density at radius 2 is 2.00 bits per heavy atom. The first kappa shape index (κ1) is 29.5. The van der Waals surface area contributed by atoms with Crippen LogP contribution in [-0.4, -0.2) is 50.2 Å². The molecule has 14 heteroatoms. The Balaban J connectivity index is 1.36. The van der Waals surface area contributed by atoms with Crippen molar-refractivity contribution in [2.24, 2.45) is 5.92 Å². The fraction of sp³-hybridized carbons (Fsp3) is 0.310. The molecular formula is C29H27F3N6O5. The molecule has 1 fully saturated rings. The van der Waals surface area contributed by atoms with Gasteiger partial charge in [-0.05, 0) is 63.8 Å². The first-order valence-electron chi connectivity index (χ1n) is 13.3. The maximum Gasteiger partial charge on any atom is 0.416 e. The Bertz CT molecular complexity index is 1670. The molecule has 3 aromatic heterocycles. The molecule has 0 atom stereocenters. The van der Waals surface area contributed by atoms with Crippen molar-refractivity contribution in [2.75, 3.05) is 16.8 Å². The van der Waals surface area contributed by atoms with E-state index >= 15 is 0 Å². The highest BCUT2D eigenvalue weighted by atomic mass is 19.3. The van der Waals surface area contributed by atoms with Crippen LogP contribution >= 0.6 is 0 Å². The smallest absolute Gasteiger partial charge is 0.416 e. The highest BCUT2D eigenvalue weighted by molar-refractivity contribution is 6.03. The van der Waals surface area contributed by atoms with Gasteiger partial charge < -0.3 is 14.5 Å². The van der Waals surface area contributed by atoms with Crippen LogP contribution in [0.4, 0.5) is 29.5 Å². The van der Waals surface area contributed by atoms with Crippen LogP contribution in [0.5, 0.6) is 0 Å². The normalized spacial score (nSPS) is 13.2. The number of aldehydes is 1. The molecule has 1 saturated carbocycles. The number of nitrogens with one attached hydrogen (secondary N) is 1. The molecule has 2 amide bonds. The molecule has 1 aliphatic carbocycles. The third-order valence-electron chi connectivity index (χ3n) is 6.33. The lowest BCUT2D eigenvalue weighted by Gasteiger charge is -2.27. The maximum absolute atomic E-state index is 14.1. The number of aromatic nitrogens is 4. The highest BCUT2D eigenvalue weighted by Gasteiger charge is 2.31. The van der Waals surface area contributed by atoms with Crippen LogP contribution in [0.2, 0.25) is 0 Å². The molecule has 4 aromatic rings. The fourth-order valence-corrected chi connectivity index (χ4v) is 4.06. The van der Waals surface area contributed by atoms with Crippen molar-refractivity contribution in [1.29, 1.82) is 0 Å². The number of hydrogen-bond acceptors (Lipinski definition) is 8. The van der Waals surface area contributed by atoms with Gasteiger partial charge in [-0.25, -0.2) is 32.6 Å². The van der Waals surface area contributed by atoms with Gasteiger partial charge in [-0.3, -0.25) is 14.5 Å². The Morgan fingerprint density at radius 3 is 2.65 bits per heavy atom. The average molecular weight is 597 g/mol. The summed E-state index contributed by atoms with van der Waals surface area (Å²) in [4.78, 5) is 46.7. The predicted octanol–water partition coefficient (Wildman–Crippen LogP) is 6.22. The summed E-state index contributed by atoms with van der Waals surface area (Å²) in [5, 5.41) is 6.11. The van der Waals surface area contributed by atoms with Crippen molar-refractivity contribution in [1.82, 2.24) is 19.7 Å². The largest absolute Gasteiger partial charge is 0.444 e. The van der Waals surface area contributed by atoms with E-state index in [1.807, 2.05) is 0 Å². The van der Waals surface area contributed by atoms with Crippen molar-refractivity contribution in [2.45, 2.75) is 45.6 Å². The molecule has 3 heterocycles. The number of amides is 2. The van der Waals surface area contributed by atoms with Crippen LogP contribution in [0.1, 0.15) is 66.6 Å². The van der Waals surface area contributed by atoms with Gasteiger partial charge in [0.2, 0.25) is 5.89 Å². The Kier molecular flexibility index (Phi) is 8.02. The number of oxazole rings is 1. The van der Waals surface area contributed by atoms with E-state index in [4.69, 9.17) is 9.15 Å². The number of alkyl halides is 2. The summed E-state index contributed by atoms with van der Waals surface area (Å²) in [7, 11) is 0. The molecule has 0 spiro atoms. The summed E-state index contributed by atoms with van der Waals surface area (Å²) >= 11 is 0. The number of carbonyl (C=O) groups excluding carboxylic acids is 3. The van der Waals surface area contributed by atoms with E-state index in [2.05, 4.69) is 20.4 Å². The number of rotatable bonds is 9. The van der Waals surface area contributed by atoms with Crippen LogP contribution in [0.3, 0.4) is 0 Å². The van der Waals surface area contributed by atoms with Gasteiger partial charge >= 0.3 is 6.09 Å². The Labute approximate surface area is 243 Å². The quantitative estimate of drug-likeness (QED) is 0.225. The van der Waals surface area contributed by atoms with Crippen LogP contribution in [0.25, 0.3) is 17.1 Å². The number of anilines is 2. The Hall–Kier alpha value is -5.01. The van der Waals surface area contributed by atoms with Crippen LogP contribution in [0, 0.1) is 11.7 Å². The van der Waals surface area contributed by atoms with Gasteiger partial charge in [0.1, 0.15) is 23.5 Å². The van der Waals surface area contributed by atoms with Crippen molar-refractivity contribution in [3.05, 3.63) is 71.8 Å². The first-order chi connectivity index (χ1) is 20.4. The number of nitrogens with zero attached hydrogens (tertiary/aromatic N) is 5. The molecule has 0 bridgehead atoms. The second kappa shape index (κ2) is 11.7. The molecule has 0 aliphatic heterocycles. The molecule has 1 N–H and O–H groups in total. The number of hydrogen-bond donors (Lipinski definition) is 1. The third-order valence-corrected chi connectivity index (χ3v) is 6.33. The van der Waals surface area contributed by atoms with Crippen molar-refractivity contribution in [3.63, 3.8) is 0 Å². The van der Waals surface area contributed by atoms with Crippen LogP contribution < -0.4 is 10.2 Å². The lowest BCUT2D eigenvalue weighted by molar-refractivity contribution is 0.0577. The van der Waals surface area contributed by atoms with Gasteiger partial charge in [0.05, 0.1) is 23.1 Å². The average Bonchev–Trinajstić information content (AvgIpc) is 3.45. The van der Waals surface area contributed by atoms with E-state index in [1.54, 1.807) is 32.9 Å². The lowest BCUT2D eigenvalue weighted by atomic mass is 10.2. The monoisotopic (exact) mass is 596 g/mol. The van der Waals surface area contributed by atoms with E-state index in [0.29, 0.717) is 30.1 Å². The number of ether oxygens (including phenoxy) is 1. The minimum atomic E-state index is -3.07. The summed E-state index contributed by atoms with van der Waals surface area (Å²) in [5.74, 6) is -1.04. The Morgan fingerprint density at radius 1 is 1.23 bits per heavy atom. The van der Waals surface area contributed by atoms with E-state index in [-0.39, 0.29) is 28.5 Å². The molecule has 1 aromatic carbocycles. The van der Waals surface area contributed by atoms with E-state index in [9.17, 15) is 27.6 Å². The molecule has 43 heavy (non-hydrogen) atoms. The highest BCUT2D eigenvalue weighted by Crippen LogP contribution is 2.33. The van der Waals surface area contributed by atoms with Gasteiger partial charge in [0.25, 0.3) is 12.3 Å². The molecule has 1 aliphatic rings. The molecule has 0 radical (unpaired) electrons. The van der Waals surface area contributed by atoms with Gasteiger partial charge in [0.15, 0.2) is 17.7 Å². The number of carbonyl (C=O) groups is 3. The van der Waals surface area contributed by atoms with Gasteiger partial charge in [-0.15, -0.1) is 0 Å². The van der Waals surface area contributed by atoms with E-state index < -0.39 is 35.5 Å². The topological polar surface area (TPSA) is 132 Å². The number of pyridine rings is 1. The van der Waals surface area contributed by atoms with Gasteiger partial charge in [-0.2, -0.15) is 5.10 Å². The zero-order chi connectivity index (χ0) is 30.9. The lowest BCUT2D eigenvalue weighted by Crippen LogP contribution is -2.38. The molecule has 5 rings (SSSR count). The predicted molar refractivity (Wildman–Crippen MR) is 148 cm³/mol. The van der Waals surface area contributed by atoms with Crippen molar-refractivity contribution >= 4 is 29.8 Å². The minimum Gasteiger partial charge on any atom is -0.444 e. The summed E-state index contributed by atoms with van der Waals surface area (Å²) in [6.45, 7) is 5.73. The zero-order valence-corrected chi connectivity index (χ0v) is 23.4. The van der Waals surface area contributed by atoms with Crippen LogP contribution in [-0.2, 0) is 4.74 Å². The minimum absolute atomic E-state index is 0.0277. The zero-order valence-electron chi connectivity index (χ0n) is 23.4. The molecule has 0 saturated heterocycles. The van der Waals surface area contributed by atoms with Gasteiger partial charge in [0, 0.05) is 24.4 Å². The maximum atomic E-state index is 14.1. The van der Waals surface area contributed by atoms with Crippen molar-refractivity contribution in [3.8, 4) is 17.1 Å². The number of halogens is 3. The molecule has 224 valence electrons. The first-order valence-corrected chi connectivity index (χ1v) is 13.3. The molecular weight excluding hydrogens is 569 g/mol. The van der Waals surface area contributed by atoms with Gasteiger partial charge in [-0.1, -0.05) is 0 Å². The summed E-state index contributed by atoms with van der Waals surface area (Å²) in [6, 6.07) is 6.62. The standard InChI is InChI=1S/C29H27F3N6O5/c1-29(2,3)43-28(41)37(12-16-4-5-16)23-10-17(8-9-33-23)27-35-22(15-42-27)26(40)34-21-13-38(36-24(21)25(31)32)19-7-6-18(14-39)20(30)11-19/h6-11,13-16,25H,4-5,12H2,1-3H3,(H,34,40). The number of benzene rings is 1. The molecule has 0 unspecified atom stereocenters. The summed E-state index contributed by atoms with van der Waals surface area (Å²) in [5.41, 5.74) is -1.75. The van der Waals surface area contributed by atoms with E-state index in [1.165, 1.54) is 23.2 Å². The van der Waals surface area contributed by atoms with Crippen LogP contribution in [0.15, 0.2) is 53.4 Å². The third kappa shape index (κ3) is 6.90. The second-order valence-corrected chi connectivity index (χ2v) is 10.9. The SMILES string of the molecule is CC(C)(C)OC(=O)N(CC1CC1)c1cc(-c2nc(C(=O)Nc3cn(-c4ccc(C=O)c(F)c4)nc3C(F)F)co2)ccn1. The summed E-state index contributed by atoms with van der Waals surface area (Å²) < 4.78 is 53.6. The second-order valence-electron chi connectivity index (χ2n) is 10.9. The fourth-order valence-electron chi connectivity index (χ4n) is 4.06. The molecule has 11 nitrogen and oxygen atoms in total. The summed E-state index contributed by atoms with van der Waals surface area (Å²) in [6.07, 6.45) is 2.31.